The van der Waals surface area contributed by atoms with Crippen LogP contribution >= 0.6 is 0 Å². The summed E-state index contributed by atoms with van der Waals surface area (Å²) in [6.07, 6.45) is 3.64. The summed E-state index contributed by atoms with van der Waals surface area (Å²) in [5, 5.41) is 6.65. The number of hydrogen-bond acceptors (Lipinski definition) is 4. The summed E-state index contributed by atoms with van der Waals surface area (Å²) in [5.41, 5.74) is 4.44. The molecule has 0 aliphatic carbocycles. The van der Waals surface area contributed by atoms with E-state index in [2.05, 4.69) is 36.6 Å². The molecule has 4 rings (SSSR count). The maximum Gasteiger partial charge on any atom is 0.189 e. The summed E-state index contributed by atoms with van der Waals surface area (Å²) in [5.74, 6) is 1.79. The third kappa shape index (κ3) is 2.37. The number of rotatable bonds is 2. The number of ether oxygens (including phenoxy) is 2. The lowest BCUT2D eigenvalue weighted by atomic mass is 10.2. The van der Waals surface area contributed by atoms with Gasteiger partial charge >= 0.3 is 0 Å². The van der Waals surface area contributed by atoms with E-state index in [-0.39, 0.29) is 12.5 Å². The minimum atomic E-state index is -0.160. The van der Waals surface area contributed by atoms with Gasteiger partial charge in [-0.05, 0) is 61.4 Å². The van der Waals surface area contributed by atoms with Crippen molar-refractivity contribution in [2.24, 2.45) is 0 Å². The monoisotopic (exact) mass is 294 g/mol. The molecule has 2 unspecified atom stereocenters. The van der Waals surface area contributed by atoms with Crippen molar-refractivity contribution in [3.8, 4) is 11.5 Å². The van der Waals surface area contributed by atoms with Crippen molar-refractivity contribution < 1.29 is 9.47 Å². The first-order valence-electron chi connectivity index (χ1n) is 7.43. The van der Waals surface area contributed by atoms with E-state index in [1.54, 1.807) is 0 Å². The number of fused-ring (bicyclic) bond motifs is 2. The molecular formula is C18H18N2O2. The maximum absolute atomic E-state index is 5.86. The first-order valence-corrected chi connectivity index (χ1v) is 7.43. The molecule has 0 spiro atoms. The van der Waals surface area contributed by atoms with Crippen LogP contribution in [-0.4, -0.2) is 12.5 Å². The highest BCUT2D eigenvalue weighted by atomic mass is 16.5. The molecule has 2 heterocycles. The summed E-state index contributed by atoms with van der Waals surface area (Å²) < 4.78 is 11.7. The lowest BCUT2D eigenvalue weighted by Crippen LogP contribution is -2.21. The van der Waals surface area contributed by atoms with Crippen LogP contribution in [0.25, 0.3) is 0 Å². The zero-order chi connectivity index (χ0) is 15.1. The molecule has 0 aromatic heterocycles. The summed E-state index contributed by atoms with van der Waals surface area (Å²) in [4.78, 5) is 0. The summed E-state index contributed by atoms with van der Waals surface area (Å²) in [6, 6.07) is 12.3. The van der Waals surface area contributed by atoms with E-state index < -0.39 is 0 Å². The van der Waals surface area contributed by atoms with Crippen molar-refractivity contribution in [1.82, 2.24) is 0 Å². The van der Waals surface area contributed by atoms with E-state index >= 15 is 0 Å². The van der Waals surface area contributed by atoms with Crippen LogP contribution in [0.4, 0.5) is 11.4 Å². The Morgan fingerprint density at radius 2 is 1.23 bits per heavy atom. The van der Waals surface area contributed by atoms with Gasteiger partial charge in [0.1, 0.15) is 11.5 Å². The van der Waals surface area contributed by atoms with E-state index in [9.17, 15) is 0 Å². The van der Waals surface area contributed by atoms with Crippen molar-refractivity contribution in [2.75, 3.05) is 10.6 Å². The molecule has 2 aromatic carbocycles. The van der Waals surface area contributed by atoms with Crippen LogP contribution in [0, 0.1) is 13.8 Å². The molecule has 22 heavy (non-hydrogen) atoms. The fourth-order valence-electron chi connectivity index (χ4n) is 2.71. The molecule has 2 N–H and O–H groups in total. The highest BCUT2D eigenvalue weighted by molar-refractivity contribution is 5.63. The minimum absolute atomic E-state index is 0.160. The minimum Gasteiger partial charge on any atom is -0.465 e. The molecule has 4 heteroatoms. The Balaban J connectivity index is 1.43. The van der Waals surface area contributed by atoms with Gasteiger partial charge in [-0.25, -0.2) is 0 Å². The van der Waals surface area contributed by atoms with Gasteiger partial charge in [0.15, 0.2) is 12.5 Å². The number of nitrogens with one attached hydrogen (secondary N) is 2. The molecule has 0 fully saturated rings. The number of anilines is 2. The zero-order valence-corrected chi connectivity index (χ0v) is 12.6. The Kier molecular flexibility index (Phi) is 2.96. The van der Waals surface area contributed by atoms with E-state index in [0.717, 1.165) is 22.9 Å². The van der Waals surface area contributed by atoms with Gasteiger partial charge in [-0.1, -0.05) is 12.1 Å². The second-order valence-electron chi connectivity index (χ2n) is 5.75. The molecule has 0 amide bonds. The average Bonchev–Trinajstić information content (AvgIpc) is 3.07. The topological polar surface area (TPSA) is 42.5 Å². The Morgan fingerprint density at radius 3 is 1.68 bits per heavy atom. The molecular weight excluding hydrogens is 276 g/mol. The first kappa shape index (κ1) is 13.1. The Labute approximate surface area is 129 Å². The number of aryl methyl sites for hydroxylation is 2. The smallest absolute Gasteiger partial charge is 0.189 e. The van der Waals surface area contributed by atoms with Crippen LogP contribution in [0.15, 0.2) is 48.6 Å². The summed E-state index contributed by atoms with van der Waals surface area (Å²) in [6.45, 7) is 4.12. The molecule has 2 aliphatic rings. The van der Waals surface area contributed by atoms with Gasteiger partial charge in [0, 0.05) is 0 Å². The quantitative estimate of drug-likeness (QED) is 0.826. The second kappa shape index (κ2) is 4.98. The molecule has 0 saturated heterocycles. The van der Waals surface area contributed by atoms with Crippen molar-refractivity contribution >= 4 is 11.4 Å². The van der Waals surface area contributed by atoms with E-state index in [1.807, 2.05) is 36.4 Å². The molecule has 2 atom stereocenters. The predicted octanol–water partition coefficient (Wildman–Crippen LogP) is 3.82. The van der Waals surface area contributed by atoms with Gasteiger partial charge in [0.25, 0.3) is 0 Å². The van der Waals surface area contributed by atoms with E-state index in [0.29, 0.717) is 0 Å². The van der Waals surface area contributed by atoms with Gasteiger partial charge in [-0.15, -0.1) is 0 Å². The summed E-state index contributed by atoms with van der Waals surface area (Å²) >= 11 is 0. The standard InChI is InChI=1S/C18H18N2O2/c1-11-3-5-13-15(9-11)21-17(19-13)7-8-18-20-14-6-4-12(2)10-16(14)22-18/h3-10,17-20H,1-2H3. The SMILES string of the molecule is Cc1ccc2c(c1)OC(C=CC1Nc3ccc(C)cc3O1)N2. The van der Waals surface area contributed by atoms with Crippen LogP contribution < -0.4 is 20.1 Å². The van der Waals surface area contributed by atoms with Crippen LogP contribution in [-0.2, 0) is 0 Å². The second-order valence-corrected chi connectivity index (χ2v) is 5.75. The first-order chi connectivity index (χ1) is 10.7. The molecule has 0 bridgehead atoms. The van der Waals surface area contributed by atoms with Gasteiger partial charge < -0.3 is 20.1 Å². The molecule has 4 nitrogen and oxygen atoms in total. The third-order valence-electron chi connectivity index (χ3n) is 3.84. The average molecular weight is 294 g/mol. The van der Waals surface area contributed by atoms with Crippen LogP contribution in [0.2, 0.25) is 0 Å². The van der Waals surface area contributed by atoms with E-state index in [4.69, 9.17) is 9.47 Å². The van der Waals surface area contributed by atoms with Gasteiger partial charge in [-0.2, -0.15) is 0 Å². The molecule has 0 radical (unpaired) electrons. The van der Waals surface area contributed by atoms with Crippen molar-refractivity contribution in [3.05, 3.63) is 59.7 Å². The number of benzene rings is 2. The fourth-order valence-corrected chi connectivity index (χ4v) is 2.71. The predicted molar refractivity (Wildman–Crippen MR) is 87.6 cm³/mol. The van der Waals surface area contributed by atoms with Crippen molar-refractivity contribution in [2.45, 2.75) is 26.3 Å². The normalized spacial score (nSPS) is 21.5. The molecule has 2 aliphatic heterocycles. The molecule has 112 valence electrons. The van der Waals surface area contributed by atoms with Gasteiger partial charge in [-0.3, -0.25) is 0 Å². The van der Waals surface area contributed by atoms with Crippen LogP contribution in [0.1, 0.15) is 11.1 Å². The zero-order valence-electron chi connectivity index (χ0n) is 12.6. The van der Waals surface area contributed by atoms with Crippen molar-refractivity contribution in [1.29, 1.82) is 0 Å². The van der Waals surface area contributed by atoms with Crippen LogP contribution in [0.3, 0.4) is 0 Å². The Hall–Kier alpha value is -2.62. The molecule has 0 saturated carbocycles. The summed E-state index contributed by atoms with van der Waals surface area (Å²) in [7, 11) is 0. The Morgan fingerprint density at radius 1 is 0.773 bits per heavy atom. The third-order valence-corrected chi connectivity index (χ3v) is 3.84. The highest BCUT2D eigenvalue weighted by Gasteiger charge is 2.22. The maximum atomic E-state index is 5.86. The van der Waals surface area contributed by atoms with E-state index in [1.165, 1.54) is 11.1 Å². The lowest BCUT2D eigenvalue weighted by molar-refractivity contribution is 0.287. The van der Waals surface area contributed by atoms with Crippen LogP contribution in [0.5, 0.6) is 11.5 Å². The highest BCUT2D eigenvalue weighted by Crippen LogP contribution is 2.34. The molecule has 2 aromatic rings. The van der Waals surface area contributed by atoms with Gasteiger partial charge in [0.05, 0.1) is 11.4 Å². The largest absolute Gasteiger partial charge is 0.465 e. The number of hydrogen-bond donors (Lipinski definition) is 2. The fraction of sp³-hybridized carbons (Fsp3) is 0.222. The van der Waals surface area contributed by atoms with Crippen molar-refractivity contribution in [3.63, 3.8) is 0 Å². The Bertz CT molecular complexity index is 691. The lowest BCUT2D eigenvalue weighted by Gasteiger charge is -2.09. The van der Waals surface area contributed by atoms with Gasteiger partial charge in [0.2, 0.25) is 0 Å².